The van der Waals surface area contributed by atoms with Gasteiger partial charge in [0.05, 0.1) is 11.2 Å². The Morgan fingerprint density at radius 3 is 2.92 bits per heavy atom. The number of thiocarbonyl (C=S) groups is 1. The summed E-state index contributed by atoms with van der Waals surface area (Å²) in [5, 5.41) is 3.06. The van der Waals surface area contributed by atoms with Crippen LogP contribution in [0.25, 0.3) is 6.08 Å². The first kappa shape index (κ1) is 17.2. The molecule has 0 spiro atoms. The van der Waals surface area contributed by atoms with E-state index in [1.54, 1.807) is 24.5 Å². The summed E-state index contributed by atoms with van der Waals surface area (Å²) in [6.45, 7) is 0.318. The average Bonchev–Trinajstić information content (AvgIpc) is 3.16. The van der Waals surface area contributed by atoms with Gasteiger partial charge in [-0.2, -0.15) is 0 Å². The van der Waals surface area contributed by atoms with Crippen LogP contribution in [0.15, 0.2) is 27.7 Å². The molecule has 7 heteroatoms. The molecular formula is C17H20N2O3S2. The van der Waals surface area contributed by atoms with Crippen LogP contribution >= 0.6 is 24.0 Å². The molecule has 0 unspecified atom stereocenters. The molecule has 0 radical (unpaired) electrons. The Kier molecular flexibility index (Phi) is 5.73. The third-order valence-electron chi connectivity index (χ3n) is 4.22. The predicted molar refractivity (Wildman–Crippen MR) is 98.2 cm³/mol. The predicted octanol–water partition coefficient (Wildman–Crippen LogP) is 3.32. The third kappa shape index (κ3) is 4.27. The quantitative estimate of drug-likeness (QED) is 0.641. The highest BCUT2D eigenvalue weighted by Gasteiger charge is 2.32. The lowest BCUT2D eigenvalue weighted by molar-refractivity contribution is -0.124. The molecular weight excluding hydrogens is 344 g/mol. The number of hydrogen-bond acceptors (Lipinski definition) is 5. The van der Waals surface area contributed by atoms with E-state index in [1.165, 1.54) is 35.9 Å². The topological polar surface area (TPSA) is 62.6 Å². The van der Waals surface area contributed by atoms with Crippen molar-refractivity contribution in [3.63, 3.8) is 0 Å². The fourth-order valence-corrected chi connectivity index (χ4v) is 4.24. The van der Waals surface area contributed by atoms with E-state index < -0.39 is 0 Å². The second kappa shape index (κ2) is 7.98. The molecule has 0 atom stereocenters. The van der Waals surface area contributed by atoms with Gasteiger partial charge in [-0.1, -0.05) is 43.2 Å². The minimum absolute atomic E-state index is 0.00837. The van der Waals surface area contributed by atoms with Crippen LogP contribution in [-0.4, -0.2) is 33.6 Å². The van der Waals surface area contributed by atoms with Crippen LogP contribution in [0.2, 0.25) is 0 Å². The third-order valence-corrected chi connectivity index (χ3v) is 5.60. The van der Waals surface area contributed by atoms with Gasteiger partial charge in [-0.25, -0.2) is 0 Å². The van der Waals surface area contributed by atoms with Crippen molar-refractivity contribution in [2.75, 3.05) is 6.54 Å². The SMILES string of the molecule is O=C(CCN1C(=O)/C(=C/c2ccco2)SC1=S)NC1CCCCC1. The highest BCUT2D eigenvalue weighted by Crippen LogP contribution is 2.32. The Hall–Kier alpha value is -1.60. The molecule has 3 rings (SSSR count). The monoisotopic (exact) mass is 364 g/mol. The first-order valence-corrected chi connectivity index (χ1v) is 9.44. The van der Waals surface area contributed by atoms with Crippen molar-refractivity contribution in [1.29, 1.82) is 0 Å². The molecule has 24 heavy (non-hydrogen) atoms. The van der Waals surface area contributed by atoms with E-state index in [1.807, 2.05) is 0 Å². The number of carbonyl (C=O) groups is 2. The van der Waals surface area contributed by atoms with E-state index in [0.717, 1.165) is 12.8 Å². The minimum Gasteiger partial charge on any atom is -0.465 e. The van der Waals surface area contributed by atoms with Gasteiger partial charge in [-0.15, -0.1) is 0 Å². The number of hydrogen-bond donors (Lipinski definition) is 1. The van der Waals surface area contributed by atoms with Gasteiger partial charge in [0.25, 0.3) is 5.91 Å². The number of furan rings is 1. The molecule has 2 fully saturated rings. The molecule has 1 aliphatic carbocycles. The number of carbonyl (C=O) groups excluding carboxylic acids is 2. The molecule has 1 saturated carbocycles. The van der Waals surface area contributed by atoms with E-state index in [4.69, 9.17) is 16.6 Å². The maximum absolute atomic E-state index is 12.4. The van der Waals surface area contributed by atoms with Gasteiger partial charge in [0.1, 0.15) is 10.1 Å². The van der Waals surface area contributed by atoms with Crippen molar-refractivity contribution in [3.05, 3.63) is 29.1 Å². The number of amides is 2. The van der Waals surface area contributed by atoms with Gasteiger partial charge in [0.2, 0.25) is 5.91 Å². The van der Waals surface area contributed by atoms with Gasteiger partial charge in [-0.05, 0) is 25.0 Å². The lowest BCUT2D eigenvalue weighted by atomic mass is 9.95. The summed E-state index contributed by atoms with van der Waals surface area (Å²) >= 11 is 6.51. The molecule has 2 amide bonds. The summed E-state index contributed by atoms with van der Waals surface area (Å²) < 4.78 is 5.72. The van der Waals surface area contributed by atoms with Gasteiger partial charge >= 0.3 is 0 Å². The smallest absolute Gasteiger partial charge is 0.266 e. The highest BCUT2D eigenvalue weighted by molar-refractivity contribution is 8.26. The van der Waals surface area contributed by atoms with Gasteiger partial charge in [0.15, 0.2) is 0 Å². The zero-order valence-corrected chi connectivity index (χ0v) is 15.0. The fraction of sp³-hybridized carbons (Fsp3) is 0.471. The van der Waals surface area contributed by atoms with Crippen molar-refractivity contribution < 1.29 is 14.0 Å². The van der Waals surface area contributed by atoms with E-state index in [0.29, 0.717) is 21.5 Å². The summed E-state index contributed by atoms with van der Waals surface area (Å²) in [6.07, 6.45) is 9.23. The van der Waals surface area contributed by atoms with E-state index in [9.17, 15) is 9.59 Å². The molecule has 2 aliphatic rings. The van der Waals surface area contributed by atoms with E-state index >= 15 is 0 Å². The largest absolute Gasteiger partial charge is 0.465 e. The van der Waals surface area contributed by atoms with Crippen LogP contribution in [0.5, 0.6) is 0 Å². The summed E-state index contributed by atoms with van der Waals surface area (Å²) in [4.78, 5) is 26.5. The van der Waals surface area contributed by atoms with Crippen LogP contribution in [0.3, 0.4) is 0 Å². The van der Waals surface area contributed by atoms with Crippen molar-refractivity contribution in [2.45, 2.75) is 44.6 Å². The Labute approximate surface area is 150 Å². The molecule has 1 saturated heterocycles. The van der Waals surface area contributed by atoms with Crippen molar-refractivity contribution in [1.82, 2.24) is 10.2 Å². The zero-order valence-electron chi connectivity index (χ0n) is 13.3. The summed E-state index contributed by atoms with van der Waals surface area (Å²) in [7, 11) is 0. The standard InChI is InChI=1S/C17H20N2O3S2/c20-15(18-12-5-2-1-3-6-12)8-9-19-16(21)14(24-17(19)23)11-13-7-4-10-22-13/h4,7,10-12H,1-3,5-6,8-9H2,(H,18,20)/b14-11-. The highest BCUT2D eigenvalue weighted by atomic mass is 32.2. The van der Waals surface area contributed by atoms with Crippen LogP contribution in [0, 0.1) is 0 Å². The Morgan fingerprint density at radius 1 is 1.42 bits per heavy atom. The maximum atomic E-state index is 12.4. The number of thioether (sulfide) groups is 1. The number of rotatable bonds is 5. The van der Waals surface area contributed by atoms with E-state index in [-0.39, 0.29) is 24.3 Å². The lowest BCUT2D eigenvalue weighted by Gasteiger charge is -2.23. The summed E-state index contributed by atoms with van der Waals surface area (Å²) in [5.74, 6) is 0.448. The zero-order chi connectivity index (χ0) is 16.9. The molecule has 2 heterocycles. The number of nitrogens with one attached hydrogen (secondary N) is 1. The van der Waals surface area contributed by atoms with Crippen LogP contribution in [-0.2, 0) is 9.59 Å². The molecule has 0 bridgehead atoms. The summed E-state index contributed by atoms with van der Waals surface area (Å²) in [6, 6.07) is 3.84. The molecule has 0 aromatic carbocycles. The maximum Gasteiger partial charge on any atom is 0.266 e. The van der Waals surface area contributed by atoms with Crippen molar-refractivity contribution in [3.8, 4) is 0 Å². The van der Waals surface area contributed by atoms with Crippen molar-refractivity contribution >= 4 is 46.2 Å². The number of nitrogens with zero attached hydrogens (tertiary/aromatic N) is 1. The Bertz CT molecular complexity index is 649. The fourth-order valence-electron chi connectivity index (χ4n) is 2.96. The second-order valence-corrected chi connectivity index (χ2v) is 7.68. The van der Waals surface area contributed by atoms with Crippen LogP contribution in [0.4, 0.5) is 0 Å². The van der Waals surface area contributed by atoms with Crippen molar-refractivity contribution in [2.24, 2.45) is 0 Å². The summed E-state index contributed by atoms with van der Waals surface area (Å²) in [5.41, 5.74) is 0. The Morgan fingerprint density at radius 2 is 2.21 bits per heavy atom. The molecule has 1 aromatic rings. The lowest BCUT2D eigenvalue weighted by Crippen LogP contribution is -2.39. The molecule has 128 valence electrons. The van der Waals surface area contributed by atoms with Crippen LogP contribution < -0.4 is 5.32 Å². The molecule has 1 N–H and O–H groups in total. The Balaban J connectivity index is 1.52. The van der Waals surface area contributed by atoms with E-state index in [2.05, 4.69) is 5.32 Å². The second-order valence-electron chi connectivity index (χ2n) is 6.00. The van der Waals surface area contributed by atoms with Gasteiger partial charge in [0, 0.05) is 25.1 Å². The normalized spacial score (nSPS) is 20.8. The minimum atomic E-state index is -0.160. The molecule has 5 nitrogen and oxygen atoms in total. The average molecular weight is 364 g/mol. The van der Waals surface area contributed by atoms with Gasteiger partial charge in [-0.3, -0.25) is 14.5 Å². The molecule has 1 aliphatic heterocycles. The van der Waals surface area contributed by atoms with Crippen LogP contribution in [0.1, 0.15) is 44.3 Å². The first-order valence-electron chi connectivity index (χ1n) is 8.22. The van der Waals surface area contributed by atoms with Gasteiger partial charge < -0.3 is 9.73 Å². The molecule has 1 aromatic heterocycles. The first-order chi connectivity index (χ1) is 11.6.